The number of nitrogens with one attached hydrogen (secondary N) is 2. The second-order valence-electron chi connectivity index (χ2n) is 5.34. The van der Waals surface area contributed by atoms with Crippen LogP contribution < -0.4 is 10.6 Å². The number of carbonyl (C=O) groups excluding carboxylic acids is 2. The zero-order valence-corrected chi connectivity index (χ0v) is 15.5. The van der Waals surface area contributed by atoms with Crippen molar-refractivity contribution in [3.8, 4) is 0 Å². The fourth-order valence-electron chi connectivity index (χ4n) is 1.80. The van der Waals surface area contributed by atoms with Crippen LogP contribution in [0.25, 0.3) is 0 Å². The zero-order valence-electron chi connectivity index (χ0n) is 13.9. The number of amides is 2. The molecule has 1 aromatic carbocycles. The highest BCUT2D eigenvalue weighted by molar-refractivity contribution is 7.99. The van der Waals surface area contributed by atoms with E-state index in [1.54, 1.807) is 6.07 Å². The second-order valence-corrected chi connectivity index (χ2v) is 7.38. The van der Waals surface area contributed by atoms with Crippen LogP contribution in [0.5, 0.6) is 0 Å². The van der Waals surface area contributed by atoms with Gasteiger partial charge in [-0.3, -0.25) is 9.59 Å². The van der Waals surface area contributed by atoms with E-state index in [0.29, 0.717) is 22.2 Å². The maximum Gasteiger partial charge on any atom is 0.286 e. The molecular weight excluding hydrogens is 363 g/mol. The number of benzene rings is 1. The number of thioether (sulfide) groups is 1. The first kappa shape index (κ1) is 19.3. The molecule has 2 aromatic rings. The lowest BCUT2D eigenvalue weighted by atomic mass is 10.3. The van der Waals surface area contributed by atoms with E-state index >= 15 is 0 Å². The molecule has 2 amide bonds. The molecule has 1 heterocycles. The average molecular weight is 382 g/mol. The van der Waals surface area contributed by atoms with E-state index in [0.717, 1.165) is 17.8 Å². The van der Waals surface area contributed by atoms with Crippen LogP contribution in [-0.4, -0.2) is 33.8 Å². The molecule has 6 nitrogen and oxygen atoms in total. The Morgan fingerprint density at radius 3 is 2.88 bits per heavy atom. The van der Waals surface area contributed by atoms with Crippen molar-refractivity contribution < 1.29 is 14.0 Å². The molecule has 0 aliphatic rings. The Balaban J connectivity index is 1.81. The van der Waals surface area contributed by atoms with Gasteiger partial charge in [0, 0.05) is 17.5 Å². The fraction of sp³-hybridized carbons (Fsp3) is 0.375. The Labute approximate surface area is 153 Å². The van der Waals surface area contributed by atoms with Gasteiger partial charge in [0.05, 0.1) is 5.75 Å². The molecule has 2 rings (SSSR count). The number of anilines is 1. The molecule has 2 N–H and O–H groups in total. The summed E-state index contributed by atoms with van der Waals surface area (Å²) in [5, 5.41) is 14.1. The van der Waals surface area contributed by atoms with Crippen LogP contribution in [0, 0.1) is 5.82 Å². The van der Waals surface area contributed by atoms with E-state index in [1.165, 1.54) is 30.0 Å². The Morgan fingerprint density at radius 2 is 2.16 bits per heavy atom. The van der Waals surface area contributed by atoms with Crippen molar-refractivity contribution in [2.75, 3.05) is 11.1 Å². The summed E-state index contributed by atoms with van der Waals surface area (Å²) in [7, 11) is 0. The van der Waals surface area contributed by atoms with E-state index in [-0.39, 0.29) is 17.0 Å². The van der Waals surface area contributed by atoms with Gasteiger partial charge >= 0.3 is 0 Å². The first-order chi connectivity index (χ1) is 12.0. The maximum absolute atomic E-state index is 13.1. The van der Waals surface area contributed by atoms with Crippen LogP contribution in [0.3, 0.4) is 0 Å². The predicted octanol–water partition coefficient (Wildman–Crippen LogP) is 3.08. The normalized spacial score (nSPS) is 11.8. The first-order valence-corrected chi connectivity index (χ1v) is 9.71. The van der Waals surface area contributed by atoms with Crippen molar-refractivity contribution in [2.45, 2.75) is 32.1 Å². The molecule has 25 heavy (non-hydrogen) atoms. The van der Waals surface area contributed by atoms with E-state index in [1.807, 2.05) is 13.8 Å². The topological polar surface area (TPSA) is 84.0 Å². The third kappa shape index (κ3) is 6.43. The highest BCUT2D eigenvalue weighted by Crippen LogP contribution is 2.18. The molecule has 0 spiro atoms. The minimum absolute atomic E-state index is 0.0204. The van der Waals surface area contributed by atoms with Gasteiger partial charge in [0.15, 0.2) is 0 Å². The zero-order chi connectivity index (χ0) is 18.2. The van der Waals surface area contributed by atoms with Crippen molar-refractivity contribution in [3.05, 3.63) is 40.1 Å². The molecule has 9 heteroatoms. The molecule has 0 fully saturated rings. The lowest BCUT2D eigenvalue weighted by Crippen LogP contribution is -2.33. The second kappa shape index (κ2) is 9.47. The largest absolute Gasteiger partial charge is 0.353 e. The number of carbonyl (C=O) groups is 2. The molecule has 1 atom stereocenters. The standard InChI is InChI=1S/C16H19FN4O2S2/c1-3-10(2)18-13(22)8-24-9-14-20-21-16(25-14)15(23)19-12-6-4-5-11(17)7-12/h4-7,10H,3,8-9H2,1-2H3,(H,18,22)(H,19,23)/t10-/m0/s1. The summed E-state index contributed by atoms with van der Waals surface area (Å²) in [5.41, 5.74) is 0.359. The fourth-order valence-corrected chi connectivity index (χ4v) is 3.42. The average Bonchev–Trinajstić information content (AvgIpc) is 3.03. The van der Waals surface area contributed by atoms with Crippen LogP contribution in [0.15, 0.2) is 24.3 Å². The van der Waals surface area contributed by atoms with E-state index < -0.39 is 11.7 Å². The van der Waals surface area contributed by atoms with Gasteiger partial charge in [-0.25, -0.2) is 4.39 Å². The van der Waals surface area contributed by atoms with Gasteiger partial charge in [0.25, 0.3) is 5.91 Å². The SMILES string of the molecule is CC[C@H](C)NC(=O)CSCc1nnc(C(=O)Nc2cccc(F)c2)s1. The summed E-state index contributed by atoms with van der Waals surface area (Å²) in [6, 6.07) is 5.79. The number of aromatic nitrogens is 2. The van der Waals surface area contributed by atoms with Crippen molar-refractivity contribution >= 4 is 40.6 Å². The van der Waals surface area contributed by atoms with Crippen LogP contribution in [0.2, 0.25) is 0 Å². The molecular formula is C16H19FN4O2S2. The summed E-state index contributed by atoms with van der Waals surface area (Å²) in [6.45, 7) is 3.96. The van der Waals surface area contributed by atoms with Crippen LogP contribution >= 0.6 is 23.1 Å². The molecule has 0 radical (unpaired) electrons. The quantitative estimate of drug-likeness (QED) is 0.733. The molecule has 0 aliphatic carbocycles. The lowest BCUT2D eigenvalue weighted by molar-refractivity contribution is -0.119. The third-order valence-corrected chi connectivity index (χ3v) is 5.27. The molecule has 0 bridgehead atoms. The Hall–Kier alpha value is -2.00. The lowest BCUT2D eigenvalue weighted by Gasteiger charge is -2.10. The molecule has 0 unspecified atom stereocenters. The first-order valence-electron chi connectivity index (χ1n) is 7.74. The van der Waals surface area contributed by atoms with Crippen LogP contribution in [-0.2, 0) is 10.5 Å². The van der Waals surface area contributed by atoms with Gasteiger partial charge in [-0.15, -0.1) is 22.0 Å². The summed E-state index contributed by atoms with van der Waals surface area (Å²) in [5.74, 6) is -0.0576. The van der Waals surface area contributed by atoms with Gasteiger partial charge in [0.1, 0.15) is 10.8 Å². The summed E-state index contributed by atoms with van der Waals surface area (Å²) in [6.07, 6.45) is 0.886. The number of halogens is 1. The highest BCUT2D eigenvalue weighted by Gasteiger charge is 2.14. The van der Waals surface area contributed by atoms with Gasteiger partial charge in [-0.1, -0.05) is 24.3 Å². The Bertz CT molecular complexity index is 738. The van der Waals surface area contributed by atoms with Gasteiger partial charge < -0.3 is 10.6 Å². The van der Waals surface area contributed by atoms with E-state index in [9.17, 15) is 14.0 Å². The van der Waals surface area contributed by atoms with Gasteiger partial charge in [-0.05, 0) is 31.5 Å². The van der Waals surface area contributed by atoms with Crippen molar-refractivity contribution in [2.24, 2.45) is 0 Å². The summed E-state index contributed by atoms with van der Waals surface area (Å²) >= 11 is 2.57. The predicted molar refractivity (Wildman–Crippen MR) is 98.3 cm³/mol. The molecule has 0 aliphatic heterocycles. The summed E-state index contributed by atoms with van der Waals surface area (Å²) < 4.78 is 13.1. The molecule has 0 saturated heterocycles. The van der Waals surface area contributed by atoms with E-state index in [4.69, 9.17) is 0 Å². The summed E-state index contributed by atoms with van der Waals surface area (Å²) in [4.78, 5) is 23.8. The Morgan fingerprint density at radius 1 is 1.36 bits per heavy atom. The van der Waals surface area contributed by atoms with E-state index in [2.05, 4.69) is 20.8 Å². The monoisotopic (exact) mass is 382 g/mol. The Kier molecular flexibility index (Phi) is 7.32. The minimum atomic E-state index is -0.436. The molecule has 1 aromatic heterocycles. The van der Waals surface area contributed by atoms with Crippen LogP contribution in [0.1, 0.15) is 35.1 Å². The number of hydrogen-bond acceptors (Lipinski definition) is 6. The molecule has 134 valence electrons. The number of hydrogen-bond donors (Lipinski definition) is 2. The maximum atomic E-state index is 13.1. The number of nitrogens with zero attached hydrogens (tertiary/aromatic N) is 2. The molecule has 0 saturated carbocycles. The highest BCUT2D eigenvalue weighted by atomic mass is 32.2. The van der Waals surface area contributed by atoms with Crippen molar-refractivity contribution in [1.29, 1.82) is 0 Å². The van der Waals surface area contributed by atoms with Crippen molar-refractivity contribution in [3.63, 3.8) is 0 Å². The number of rotatable bonds is 8. The minimum Gasteiger partial charge on any atom is -0.353 e. The van der Waals surface area contributed by atoms with Crippen molar-refractivity contribution in [1.82, 2.24) is 15.5 Å². The third-order valence-electron chi connectivity index (χ3n) is 3.22. The van der Waals surface area contributed by atoms with Crippen LogP contribution in [0.4, 0.5) is 10.1 Å². The van der Waals surface area contributed by atoms with Gasteiger partial charge in [-0.2, -0.15) is 0 Å². The smallest absolute Gasteiger partial charge is 0.286 e. The van der Waals surface area contributed by atoms with Gasteiger partial charge in [0.2, 0.25) is 10.9 Å².